The lowest BCUT2D eigenvalue weighted by Gasteiger charge is -2.26. The molecule has 1 amide bonds. The highest BCUT2D eigenvalue weighted by molar-refractivity contribution is 7.84. The smallest absolute Gasteiger partial charge is 0.223 e. The molecule has 1 unspecified atom stereocenters. The van der Waals surface area contributed by atoms with Crippen molar-refractivity contribution in [2.45, 2.75) is 25.7 Å². The monoisotopic (exact) mass is 246 g/mol. The Morgan fingerprint density at radius 2 is 2.00 bits per heavy atom. The summed E-state index contributed by atoms with van der Waals surface area (Å²) in [5.74, 6) is 1.42. The lowest BCUT2D eigenvalue weighted by Crippen LogP contribution is -2.36. The van der Waals surface area contributed by atoms with E-state index in [1.165, 1.54) is 0 Å². The van der Waals surface area contributed by atoms with Gasteiger partial charge >= 0.3 is 0 Å². The van der Waals surface area contributed by atoms with Gasteiger partial charge < -0.3 is 11.1 Å². The summed E-state index contributed by atoms with van der Waals surface area (Å²) in [6.07, 6.45) is 5.67. The van der Waals surface area contributed by atoms with E-state index in [-0.39, 0.29) is 11.8 Å². The van der Waals surface area contributed by atoms with Crippen LogP contribution in [0.25, 0.3) is 0 Å². The molecule has 3 N–H and O–H groups in total. The van der Waals surface area contributed by atoms with E-state index in [0.29, 0.717) is 18.2 Å². The average Bonchev–Trinajstić information content (AvgIpc) is 2.28. The molecule has 16 heavy (non-hydrogen) atoms. The summed E-state index contributed by atoms with van der Waals surface area (Å²) < 4.78 is 10.8. The van der Waals surface area contributed by atoms with Crippen molar-refractivity contribution >= 4 is 16.7 Å². The molecule has 0 aliphatic heterocycles. The van der Waals surface area contributed by atoms with Crippen LogP contribution >= 0.6 is 0 Å². The number of carbonyl (C=O) groups excluding carboxylic acids is 1. The van der Waals surface area contributed by atoms with Crippen LogP contribution < -0.4 is 11.1 Å². The van der Waals surface area contributed by atoms with Crippen molar-refractivity contribution in [3.63, 3.8) is 0 Å². The summed E-state index contributed by atoms with van der Waals surface area (Å²) >= 11 is 0. The second kappa shape index (κ2) is 7.01. The maximum atomic E-state index is 11.7. The van der Waals surface area contributed by atoms with Gasteiger partial charge in [0.05, 0.1) is 0 Å². The highest BCUT2D eigenvalue weighted by atomic mass is 32.2. The van der Waals surface area contributed by atoms with Crippen LogP contribution in [-0.2, 0) is 15.6 Å². The predicted molar refractivity (Wildman–Crippen MR) is 66.4 cm³/mol. The van der Waals surface area contributed by atoms with Gasteiger partial charge in [0.15, 0.2) is 0 Å². The van der Waals surface area contributed by atoms with Gasteiger partial charge in [-0.1, -0.05) is 0 Å². The molecule has 0 spiro atoms. The van der Waals surface area contributed by atoms with Crippen molar-refractivity contribution in [1.29, 1.82) is 0 Å². The van der Waals surface area contributed by atoms with E-state index in [9.17, 15) is 9.00 Å². The van der Waals surface area contributed by atoms with Crippen LogP contribution in [-0.4, -0.2) is 35.2 Å². The van der Waals surface area contributed by atoms with Crippen LogP contribution in [0.1, 0.15) is 25.7 Å². The SMILES string of the molecule is CS(=O)CCNC(=O)C1CCC(CN)CC1. The number of rotatable bonds is 5. The molecule has 1 fully saturated rings. The number of amides is 1. The van der Waals surface area contributed by atoms with Crippen LogP contribution in [0.4, 0.5) is 0 Å². The Balaban J connectivity index is 2.20. The second-order valence-electron chi connectivity index (χ2n) is 4.52. The fraction of sp³-hybridized carbons (Fsp3) is 0.909. The first-order valence-corrected chi connectivity index (χ1v) is 7.64. The zero-order valence-corrected chi connectivity index (χ0v) is 10.7. The van der Waals surface area contributed by atoms with Crippen LogP contribution in [0, 0.1) is 11.8 Å². The van der Waals surface area contributed by atoms with E-state index in [4.69, 9.17) is 5.73 Å². The lowest BCUT2D eigenvalue weighted by atomic mass is 9.81. The number of hydrogen-bond acceptors (Lipinski definition) is 3. The van der Waals surface area contributed by atoms with E-state index in [0.717, 1.165) is 32.2 Å². The minimum atomic E-state index is -0.825. The third-order valence-corrected chi connectivity index (χ3v) is 4.02. The van der Waals surface area contributed by atoms with Crippen molar-refractivity contribution in [2.24, 2.45) is 17.6 Å². The van der Waals surface area contributed by atoms with Crippen molar-refractivity contribution < 1.29 is 9.00 Å². The van der Waals surface area contributed by atoms with Gasteiger partial charge in [-0.3, -0.25) is 9.00 Å². The Morgan fingerprint density at radius 3 is 2.50 bits per heavy atom. The largest absolute Gasteiger partial charge is 0.355 e. The van der Waals surface area contributed by atoms with Crippen molar-refractivity contribution in [3.8, 4) is 0 Å². The van der Waals surface area contributed by atoms with Crippen molar-refractivity contribution in [3.05, 3.63) is 0 Å². The van der Waals surface area contributed by atoms with Crippen LogP contribution in [0.15, 0.2) is 0 Å². The van der Waals surface area contributed by atoms with Gasteiger partial charge in [0.25, 0.3) is 0 Å². The molecule has 94 valence electrons. The molecule has 0 saturated heterocycles. The summed E-state index contributed by atoms with van der Waals surface area (Å²) in [5.41, 5.74) is 5.60. The van der Waals surface area contributed by atoms with Crippen LogP contribution in [0.3, 0.4) is 0 Å². The van der Waals surface area contributed by atoms with Gasteiger partial charge in [0, 0.05) is 35.3 Å². The molecule has 5 heteroatoms. The maximum Gasteiger partial charge on any atom is 0.223 e. The third kappa shape index (κ3) is 4.61. The predicted octanol–water partition coefficient (Wildman–Crippen LogP) is 0.246. The normalized spacial score (nSPS) is 27.4. The van der Waals surface area contributed by atoms with Crippen LogP contribution in [0.5, 0.6) is 0 Å². The molecule has 0 bridgehead atoms. The van der Waals surface area contributed by atoms with Crippen molar-refractivity contribution in [2.75, 3.05) is 25.1 Å². The van der Waals surface area contributed by atoms with Crippen LogP contribution in [0.2, 0.25) is 0 Å². The molecule has 0 aromatic heterocycles. The summed E-state index contributed by atoms with van der Waals surface area (Å²) in [7, 11) is -0.825. The molecular weight excluding hydrogens is 224 g/mol. The van der Waals surface area contributed by atoms with Gasteiger partial charge in [-0.05, 0) is 38.1 Å². The van der Waals surface area contributed by atoms with Gasteiger partial charge in [-0.25, -0.2) is 0 Å². The zero-order chi connectivity index (χ0) is 12.0. The molecule has 0 heterocycles. The Bertz CT molecular complexity index is 250. The number of carbonyl (C=O) groups is 1. The summed E-state index contributed by atoms with van der Waals surface area (Å²) in [6, 6.07) is 0. The van der Waals surface area contributed by atoms with Gasteiger partial charge in [0.2, 0.25) is 5.91 Å². The number of nitrogens with two attached hydrogens (primary N) is 1. The summed E-state index contributed by atoms with van der Waals surface area (Å²) in [4.78, 5) is 11.7. The third-order valence-electron chi connectivity index (χ3n) is 3.24. The molecule has 1 aliphatic rings. The average molecular weight is 246 g/mol. The van der Waals surface area contributed by atoms with Crippen molar-refractivity contribution in [1.82, 2.24) is 5.32 Å². The number of nitrogens with one attached hydrogen (secondary N) is 1. The Labute approximate surface area is 99.8 Å². The fourth-order valence-corrected chi connectivity index (χ4v) is 2.51. The molecule has 4 nitrogen and oxygen atoms in total. The lowest BCUT2D eigenvalue weighted by molar-refractivity contribution is -0.126. The topological polar surface area (TPSA) is 72.2 Å². The van der Waals surface area contributed by atoms with Gasteiger partial charge in [-0.15, -0.1) is 0 Å². The van der Waals surface area contributed by atoms with E-state index in [2.05, 4.69) is 5.32 Å². The second-order valence-corrected chi connectivity index (χ2v) is 6.08. The van der Waals surface area contributed by atoms with E-state index in [1.807, 2.05) is 0 Å². The first-order chi connectivity index (χ1) is 7.63. The molecule has 1 rings (SSSR count). The maximum absolute atomic E-state index is 11.7. The van der Waals surface area contributed by atoms with Gasteiger partial charge in [-0.2, -0.15) is 0 Å². The van der Waals surface area contributed by atoms with E-state index >= 15 is 0 Å². The first kappa shape index (κ1) is 13.6. The highest BCUT2D eigenvalue weighted by Gasteiger charge is 2.25. The van der Waals surface area contributed by atoms with E-state index < -0.39 is 10.8 Å². The summed E-state index contributed by atoms with van der Waals surface area (Å²) in [6.45, 7) is 1.27. The molecule has 1 atom stereocenters. The van der Waals surface area contributed by atoms with Gasteiger partial charge in [0.1, 0.15) is 0 Å². The quantitative estimate of drug-likeness (QED) is 0.730. The number of hydrogen-bond donors (Lipinski definition) is 2. The Kier molecular flexibility index (Phi) is 5.98. The molecule has 1 saturated carbocycles. The Hall–Kier alpha value is -0.420. The minimum Gasteiger partial charge on any atom is -0.355 e. The molecule has 0 radical (unpaired) electrons. The molecule has 1 aliphatic carbocycles. The fourth-order valence-electron chi connectivity index (χ4n) is 2.12. The molecule has 0 aromatic carbocycles. The molecule has 0 aromatic rings. The highest BCUT2D eigenvalue weighted by Crippen LogP contribution is 2.27. The Morgan fingerprint density at radius 1 is 1.38 bits per heavy atom. The standard InChI is InChI=1S/C11H22N2O2S/c1-16(15)7-6-13-11(14)10-4-2-9(8-12)3-5-10/h9-10H,2-8,12H2,1H3,(H,13,14). The first-order valence-electron chi connectivity index (χ1n) is 5.91. The van der Waals surface area contributed by atoms with E-state index in [1.54, 1.807) is 6.26 Å². The zero-order valence-electron chi connectivity index (χ0n) is 9.91. The minimum absolute atomic E-state index is 0.126. The molecular formula is C11H22N2O2S. The summed E-state index contributed by atoms with van der Waals surface area (Å²) in [5, 5.41) is 2.85.